The summed E-state index contributed by atoms with van der Waals surface area (Å²) in [5, 5.41) is 11.5. The van der Waals surface area contributed by atoms with Crippen molar-refractivity contribution < 1.29 is 19.4 Å². The van der Waals surface area contributed by atoms with E-state index in [9.17, 15) is 9.59 Å². The summed E-state index contributed by atoms with van der Waals surface area (Å²) in [6.07, 6.45) is 0.642. The van der Waals surface area contributed by atoms with Crippen LogP contribution in [0.4, 0.5) is 4.79 Å². The fraction of sp³-hybridized carbons (Fsp3) is 0.214. The molecule has 1 aromatic heterocycles. The number of benzene rings is 1. The molecular formula is C14H13BrN2O4S. The van der Waals surface area contributed by atoms with E-state index in [1.807, 2.05) is 30.3 Å². The minimum atomic E-state index is -1.02. The van der Waals surface area contributed by atoms with Crippen LogP contribution in [0.15, 0.2) is 41.0 Å². The molecule has 1 aromatic carbocycles. The van der Waals surface area contributed by atoms with E-state index in [1.165, 1.54) is 0 Å². The maximum atomic E-state index is 11.9. The van der Waals surface area contributed by atoms with Crippen molar-refractivity contribution in [2.24, 2.45) is 0 Å². The van der Waals surface area contributed by atoms with E-state index < -0.39 is 18.1 Å². The lowest BCUT2D eigenvalue weighted by Gasteiger charge is -2.15. The molecule has 1 atom stereocenters. The zero-order valence-corrected chi connectivity index (χ0v) is 13.8. The standard InChI is InChI=1S/C14H13BrN2O4S/c15-10-7-16-22-13(10)11(6-12(18)19)17-14(20)21-8-9-4-2-1-3-5-9/h1-5,7,11H,6,8H2,(H,17,20)(H,18,19)/t11-/m0/s1. The molecule has 1 amide bonds. The Kier molecular flexibility index (Phi) is 5.91. The Morgan fingerprint density at radius 3 is 2.68 bits per heavy atom. The largest absolute Gasteiger partial charge is 0.481 e. The topological polar surface area (TPSA) is 88.5 Å². The second-order valence-electron chi connectivity index (χ2n) is 4.39. The number of carbonyl (C=O) groups is 2. The number of hydrogen-bond donors (Lipinski definition) is 2. The smallest absolute Gasteiger partial charge is 0.407 e. The number of aliphatic carboxylic acids is 1. The number of ether oxygens (including phenoxy) is 1. The second-order valence-corrected chi connectivity index (χ2v) is 6.08. The fourth-order valence-corrected chi connectivity index (χ4v) is 3.17. The van der Waals surface area contributed by atoms with Crippen LogP contribution in [0.1, 0.15) is 22.9 Å². The molecule has 0 aliphatic rings. The lowest BCUT2D eigenvalue weighted by molar-refractivity contribution is -0.137. The third-order valence-corrected chi connectivity index (χ3v) is 4.56. The van der Waals surface area contributed by atoms with Gasteiger partial charge >= 0.3 is 12.1 Å². The summed E-state index contributed by atoms with van der Waals surface area (Å²) in [6, 6.07) is 8.54. The van der Waals surface area contributed by atoms with Gasteiger partial charge in [-0.2, -0.15) is 4.37 Å². The van der Waals surface area contributed by atoms with Crippen LogP contribution < -0.4 is 5.32 Å². The Balaban J connectivity index is 1.96. The molecule has 0 spiro atoms. The summed E-state index contributed by atoms with van der Waals surface area (Å²) in [4.78, 5) is 23.4. The molecule has 0 saturated carbocycles. The van der Waals surface area contributed by atoms with Gasteiger partial charge in [0.2, 0.25) is 0 Å². The maximum Gasteiger partial charge on any atom is 0.407 e. The molecule has 2 aromatic rings. The first-order valence-corrected chi connectivity index (χ1v) is 7.92. The average Bonchev–Trinajstić information content (AvgIpc) is 2.91. The van der Waals surface area contributed by atoms with Crippen molar-refractivity contribution in [3.63, 3.8) is 0 Å². The van der Waals surface area contributed by atoms with Gasteiger partial charge in [0.05, 0.1) is 28.0 Å². The van der Waals surface area contributed by atoms with Crippen molar-refractivity contribution in [3.8, 4) is 0 Å². The Morgan fingerprint density at radius 1 is 1.36 bits per heavy atom. The van der Waals surface area contributed by atoms with E-state index >= 15 is 0 Å². The van der Waals surface area contributed by atoms with Crippen LogP contribution in [0, 0.1) is 0 Å². The summed E-state index contributed by atoms with van der Waals surface area (Å²) in [5.41, 5.74) is 0.853. The van der Waals surface area contributed by atoms with Gasteiger partial charge in [-0.15, -0.1) is 0 Å². The van der Waals surface area contributed by atoms with E-state index in [4.69, 9.17) is 9.84 Å². The molecule has 8 heteroatoms. The van der Waals surface area contributed by atoms with Crippen molar-refractivity contribution >= 4 is 39.5 Å². The Morgan fingerprint density at radius 2 is 2.09 bits per heavy atom. The van der Waals surface area contributed by atoms with Gasteiger partial charge in [0, 0.05) is 0 Å². The number of carboxylic acid groups (broad SMARTS) is 1. The lowest BCUT2D eigenvalue weighted by atomic mass is 10.2. The number of nitrogens with one attached hydrogen (secondary N) is 1. The van der Waals surface area contributed by atoms with E-state index in [0.717, 1.165) is 17.1 Å². The molecule has 0 radical (unpaired) electrons. The van der Waals surface area contributed by atoms with E-state index in [2.05, 4.69) is 25.6 Å². The normalized spacial score (nSPS) is 11.7. The van der Waals surface area contributed by atoms with E-state index in [-0.39, 0.29) is 13.0 Å². The number of halogens is 1. The summed E-state index contributed by atoms with van der Waals surface area (Å²) >= 11 is 4.41. The molecule has 0 fully saturated rings. The highest BCUT2D eigenvalue weighted by atomic mass is 79.9. The highest BCUT2D eigenvalue weighted by molar-refractivity contribution is 9.10. The Hall–Kier alpha value is -1.93. The third-order valence-electron chi connectivity index (χ3n) is 2.75. The highest BCUT2D eigenvalue weighted by Crippen LogP contribution is 2.29. The van der Waals surface area contributed by atoms with E-state index in [0.29, 0.717) is 9.35 Å². The van der Waals surface area contributed by atoms with Crippen LogP contribution in [-0.2, 0) is 16.1 Å². The number of hydrogen-bond acceptors (Lipinski definition) is 5. The zero-order chi connectivity index (χ0) is 15.9. The molecule has 22 heavy (non-hydrogen) atoms. The first-order valence-electron chi connectivity index (χ1n) is 6.35. The zero-order valence-electron chi connectivity index (χ0n) is 11.4. The van der Waals surface area contributed by atoms with Gasteiger partial charge in [-0.25, -0.2) is 4.79 Å². The van der Waals surface area contributed by atoms with Gasteiger partial charge in [0.1, 0.15) is 6.61 Å². The van der Waals surface area contributed by atoms with Crippen molar-refractivity contribution in [1.82, 2.24) is 9.69 Å². The molecular weight excluding hydrogens is 372 g/mol. The molecule has 2 rings (SSSR count). The average molecular weight is 385 g/mol. The predicted octanol–water partition coefficient (Wildman–Crippen LogP) is 3.35. The molecule has 0 saturated heterocycles. The fourth-order valence-electron chi connectivity index (χ4n) is 1.76. The van der Waals surface area contributed by atoms with Crippen LogP contribution in [0.3, 0.4) is 0 Å². The molecule has 0 aliphatic carbocycles. The second kappa shape index (κ2) is 7.90. The molecule has 116 valence electrons. The predicted molar refractivity (Wildman–Crippen MR) is 84.6 cm³/mol. The Labute approximate surface area is 139 Å². The SMILES string of the molecule is O=C(O)C[C@H](NC(=O)OCc1ccccc1)c1sncc1Br. The number of alkyl carbamates (subject to hydrolysis) is 1. The first kappa shape index (κ1) is 16.4. The quantitative estimate of drug-likeness (QED) is 0.796. The van der Waals surface area contributed by atoms with Crippen molar-refractivity contribution in [2.45, 2.75) is 19.1 Å². The highest BCUT2D eigenvalue weighted by Gasteiger charge is 2.22. The molecule has 0 aliphatic heterocycles. The maximum absolute atomic E-state index is 11.9. The van der Waals surface area contributed by atoms with Crippen LogP contribution >= 0.6 is 27.5 Å². The van der Waals surface area contributed by atoms with Crippen LogP contribution in [0.5, 0.6) is 0 Å². The van der Waals surface area contributed by atoms with Gasteiger partial charge in [-0.1, -0.05) is 30.3 Å². The number of rotatable bonds is 6. The summed E-state index contributed by atoms with van der Waals surface area (Å²) in [7, 11) is 0. The molecule has 2 N–H and O–H groups in total. The van der Waals surface area contributed by atoms with Gasteiger partial charge < -0.3 is 15.2 Å². The lowest BCUT2D eigenvalue weighted by Crippen LogP contribution is -2.30. The van der Waals surface area contributed by atoms with Crippen molar-refractivity contribution in [1.29, 1.82) is 0 Å². The van der Waals surface area contributed by atoms with Crippen molar-refractivity contribution in [2.75, 3.05) is 0 Å². The van der Waals surface area contributed by atoms with Gasteiger partial charge in [0.25, 0.3) is 0 Å². The van der Waals surface area contributed by atoms with Gasteiger partial charge in [0.15, 0.2) is 0 Å². The van der Waals surface area contributed by atoms with Crippen LogP contribution in [0.25, 0.3) is 0 Å². The number of carbonyl (C=O) groups excluding carboxylic acids is 1. The number of amides is 1. The minimum absolute atomic E-state index is 0.121. The molecule has 6 nitrogen and oxygen atoms in total. The van der Waals surface area contributed by atoms with E-state index in [1.54, 1.807) is 6.20 Å². The van der Waals surface area contributed by atoms with Crippen molar-refractivity contribution in [3.05, 3.63) is 51.4 Å². The third kappa shape index (κ3) is 4.81. The molecule has 0 unspecified atom stereocenters. The number of aromatic nitrogens is 1. The molecule has 1 heterocycles. The van der Waals surface area contributed by atoms with Crippen LogP contribution in [-0.4, -0.2) is 21.5 Å². The Bertz CT molecular complexity index is 647. The number of nitrogens with zero attached hydrogens (tertiary/aromatic N) is 1. The van der Waals surface area contributed by atoms with Crippen LogP contribution in [0.2, 0.25) is 0 Å². The first-order chi connectivity index (χ1) is 10.6. The molecule has 0 bridgehead atoms. The monoisotopic (exact) mass is 384 g/mol. The number of carboxylic acids is 1. The summed E-state index contributed by atoms with van der Waals surface area (Å²) < 4.78 is 9.72. The van der Waals surface area contributed by atoms with Gasteiger partial charge in [-0.05, 0) is 33.0 Å². The van der Waals surface area contributed by atoms with Gasteiger partial charge in [-0.3, -0.25) is 4.79 Å². The summed E-state index contributed by atoms with van der Waals surface area (Å²) in [6.45, 7) is 0.121. The minimum Gasteiger partial charge on any atom is -0.481 e. The summed E-state index contributed by atoms with van der Waals surface area (Å²) in [5.74, 6) is -1.02.